The number of carbonyl (C=O) groups excluding carboxylic acids is 3. The normalized spacial score (nSPS) is 13.2. The van der Waals surface area contributed by atoms with E-state index in [1.54, 1.807) is 0 Å². The quantitative estimate of drug-likeness (QED) is 0.0200. The number of hydrogen-bond acceptors (Lipinski definition) is 6. The molecular weight excluding hydrogens is 793 g/mol. The van der Waals surface area contributed by atoms with Gasteiger partial charge in [0.2, 0.25) is 0 Å². The molecule has 0 aliphatic carbocycles. The van der Waals surface area contributed by atoms with Crippen LogP contribution >= 0.6 is 0 Å². The van der Waals surface area contributed by atoms with E-state index in [2.05, 4.69) is 99.8 Å². The molecule has 0 spiro atoms. The minimum Gasteiger partial charge on any atom is -0.462 e. The van der Waals surface area contributed by atoms with Gasteiger partial charge in [-0.05, 0) is 96.3 Å². The molecule has 0 amide bonds. The first-order valence-corrected chi connectivity index (χ1v) is 25.3. The van der Waals surface area contributed by atoms with Crippen LogP contribution < -0.4 is 0 Å². The summed E-state index contributed by atoms with van der Waals surface area (Å²) in [6, 6.07) is 0. The zero-order valence-corrected chi connectivity index (χ0v) is 40.7. The lowest BCUT2D eigenvalue weighted by Crippen LogP contribution is -2.30. The third-order valence-electron chi connectivity index (χ3n) is 10.00. The van der Waals surface area contributed by atoms with Gasteiger partial charge in [-0.3, -0.25) is 14.4 Å². The summed E-state index contributed by atoms with van der Waals surface area (Å²) in [5.74, 6) is -1.08. The number of rotatable bonds is 43. The first-order chi connectivity index (χ1) is 31.5. The van der Waals surface area contributed by atoms with Crippen LogP contribution in [0.1, 0.15) is 194 Å². The topological polar surface area (TPSA) is 78.9 Å². The first-order valence-electron chi connectivity index (χ1n) is 25.3. The van der Waals surface area contributed by atoms with Gasteiger partial charge in [0, 0.05) is 19.3 Å². The summed E-state index contributed by atoms with van der Waals surface area (Å²) in [6.07, 6.45) is 71.6. The van der Waals surface area contributed by atoms with Gasteiger partial charge < -0.3 is 14.2 Å². The second-order valence-corrected chi connectivity index (χ2v) is 16.1. The summed E-state index contributed by atoms with van der Waals surface area (Å²) in [5.41, 5.74) is 0. The van der Waals surface area contributed by atoms with Crippen LogP contribution in [-0.4, -0.2) is 37.2 Å². The van der Waals surface area contributed by atoms with Gasteiger partial charge in [0.15, 0.2) is 6.10 Å². The average Bonchev–Trinajstić information content (AvgIpc) is 3.29. The summed E-state index contributed by atoms with van der Waals surface area (Å²) in [7, 11) is 0. The van der Waals surface area contributed by atoms with Crippen LogP contribution in [0.2, 0.25) is 0 Å². The smallest absolute Gasteiger partial charge is 0.306 e. The molecule has 0 aliphatic heterocycles. The number of allylic oxidation sites excluding steroid dienone is 22. The highest BCUT2D eigenvalue weighted by molar-refractivity contribution is 5.71. The van der Waals surface area contributed by atoms with Crippen molar-refractivity contribution in [1.82, 2.24) is 0 Å². The van der Waals surface area contributed by atoms with Gasteiger partial charge in [-0.15, -0.1) is 0 Å². The Hall–Kier alpha value is -4.45. The molecule has 0 heterocycles. The fourth-order valence-corrected chi connectivity index (χ4v) is 6.27. The van der Waals surface area contributed by atoms with E-state index < -0.39 is 6.10 Å². The molecule has 0 saturated carbocycles. The van der Waals surface area contributed by atoms with Crippen molar-refractivity contribution in [3.8, 4) is 0 Å². The van der Waals surface area contributed by atoms with E-state index in [0.717, 1.165) is 83.5 Å². The Balaban J connectivity index is 4.60. The van der Waals surface area contributed by atoms with Crippen LogP contribution in [0.5, 0.6) is 0 Å². The molecule has 0 bridgehead atoms. The van der Waals surface area contributed by atoms with Crippen LogP contribution in [0.4, 0.5) is 0 Å². The SMILES string of the molecule is CC/C=C/C=C/C=C/C=C/C=C/CCCC(=O)OCC(COC(=O)CCC/C=C/C/C=C/C/C=C/CCCCCCCC)OC(=O)CCCCCCCC/C=C/C/C=C/C/C=C/CC. The third kappa shape index (κ3) is 48.6. The van der Waals surface area contributed by atoms with E-state index >= 15 is 0 Å². The summed E-state index contributed by atoms with van der Waals surface area (Å²) >= 11 is 0. The van der Waals surface area contributed by atoms with E-state index in [9.17, 15) is 14.4 Å². The van der Waals surface area contributed by atoms with Crippen LogP contribution in [0.3, 0.4) is 0 Å². The summed E-state index contributed by atoms with van der Waals surface area (Å²) < 4.78 is 16.7. The summed E-state index contributed by atoms with van der Waals surface area (Å²) in [4.78, 5) is 37.9. The molecule has 0 aromatic carbocycles. The molecule has 0 saturated heterocycles. The summed E-state index contributed by atoms with van der Waals surface area (Å²) in [5, 5.41) is 0. The first kappa shape index (κ1) is 59.5. The molecule has 0 N–H and O–H groups in total. The highest BCUT2D eigenvalue weighted by Crippen LogP contribution is 2.12. The maximum Gasteiger partial charge on any atom is 0.306 e. The predicted octanol–water partition coefficient (Wildman–Crippen LogP) is 16.7. The van der Waals surface area contributed by atoms with Gasteiger partial charge in [-0.25, -0.2) is 0 Å². The van der Waals surface area contributed by atoms with Crippen LogP contribution in [0.15, 0.2) is 134 Å². The van der Waals surface area contributed by atoms with Crippen LogP contribution in [0, 0.1) is 0 Å². The van der Waals surface area contributed by atoms with Crippen LogP contribution in [-0.2, 0) is 28.6 Å². The van der Waals surface area contributed by atoms with Crippen molar-refractivity contribution in [1.29, 1.82) is 0 Å². The van der Waals surface area contributed by atoms with Crippen molar-refractivity contribution < 1.29 is 28.6 Å². The molecule has 358 valence electrons. The fourth-order valence-electron chi connectivity index (χ4n) is 6.27. The zero-order valence-electron chi connectivity index (χ0n) is 40.7. The molecule has 0 aromatic rings. The maximum atomic E-state index is 12.8. The lowest BCUT2D eigenvalue weighted by molar-refractivity contribution is -0.167. The molecule has 1 atom stereocenters. The number of ether oxygens (including phenoxy) is 3. The molecular formula is C58H90O6. The molecule has 0 fully saturated rings. The molecule has 0 rings (SSSR count). The fraction of sp³-hybridized carbons (Fsp3) is 0.569. The second kappa shape index (κ2) is 51.2. The Morgan fingerprint density at radius 2 is 0.703 bits per heavy atom. The lowest BCUT2D eigenvalue weighted by atomic mass is 10.1. The van der Waals surface area contributed by atoms with E-state index in [-0.39, 0.29) is 50.4 Å². The van der Waals surface area contributed by atoms with Gasteiger partial charge in [-0.2, -0.15) is 0 Å². The van der Waals surface area contributed by atoms with Crippen molar-refractivity contribution in [2.75, 3.05) is 13.2 Å². The van der Waals surface area contributed by atoms with E-state index in [0.29, 0.717) is 12.8 Å². The molecule has 0 aliphatic rings. The van der Waals surface area contributed by atoms with Crippen molar-refractivity contribution in [3.05, 3.63) is 134 Å². The minimum atomic E-state index is -0.838. The number of unbranched alkanes of at least 4 members (excludes halogenated alkanes) is 14. The zero-order chi connectivity index (χ0) is 46.5. The lowest BCUT2D eigenvalue weighted by Gasteiger charge is -2.18. The van der Waals surface area contributed by atoms with Gasteiger partial charge in [0.1, 0.15) is 13.2 Å². The van der Waals surface area contributed by atoms with Gasteiger partial charge in [0.05, 0.1) is 0 Å². The molecule has 6 nitrogen and oxygen atoms in total. The Morgan fingerprint density at radius 1 is 0.344 bits per heavy atom. The second-order valence-electron chi connectivity index (χ2n) is 16.1. The Bertz CT molecular complexity index is 1430. The molecule has 0 radical (unpaired) electrons. The van der Waals surface area contributed by atoms with Gasteiger partial charge >= 0.3 is 17.9 Å². The van der Waals surface area contributed by atoms with Crippen molar-refractivity contribution in [2.45, 2.75) is 200 Å². The van der Waals surface area contributed by atoms with Crippen molar-refractivity contribution >= 4 is 17.9 Å². The van der Waals surface area contributed by atoms with Crippen molar-refractivity contribution in [3.63, 3.8) is 0 Å². The summed E-state index contributed by atoms with van der Waals surface area (Å²) in [6.45, 7) is 6.23. The number of carbonyl (C=O) groups is 3. The molecule has 0 aromatic heterocycles. The maximum absolute atomic E-state index is 12.8. The van der Waals surface area contributed by atoms with Crippen molar-refractivity contribution in [2.24, 2.45) is 0 Å². The Kier molecular flexibility index (Phi) is 47.6. The Morgan fingerprint density at radius 3 is 1.19 bits per heavy atom. The van der Waals surface area contributed by atoms with E-state index in [4.69, 9.17) is 14.2 Å². The standard InChI is InChI=1S/C58H90O6/c1-4-7-10-13-16-19-22-25-27-29-31-33-36-39-42-45-48-51-57(60)63-54-55(53-62-56(59)50-47-44-41-38-35-32-24-21-18-15-12-9-6-3)64-58(61)52-49-46-43-40-37-34-30-28-26-23-20-17-14-11-8-5-2/h8-9,11-12,15,17-18,20-21,24-28,31-33,35,38-39,41-42,55H,4-7,10,13-14,16,19,22-23,29-30,34,36-37,40,43-54H2,1-3H3/b11-8+,12-9+,18-15+,20-17+,24-21+,27-25+,28-26+,33-31+,35-32+,41-38+,42-39+. The Labute approximate surface area is 392 Å². The highest BCUT2D eigenvalue weighted by atomic mass is 16.6. The number of esters is 3. The third-order valence-corrected chi connectivity index (χ3v) is 10.00. The highest BCUT2D eigenvalue weighted by Gasteiger charge is 2.19. The van der Waals surface area contributed by atoms with Crippen LogP contribution in [0.25, 0.3) is 0 Å². The average molecular weight is 883 g/mol. The number of hydrogen-bond donors (Lipinski definition) is 0. The van der Waals surface area contributed by atoms with Gasteiger partial charge in [0.25, 0.3) is 0 Å². The minimum absolute atomic E-state index is 0.137. The predicted molar refractivity (Wildman–Crippen MR) is 274 cm³/mol. The van der Waals surface area contributed by atoms with E-state index in [1.807, 2.05) is 54.7 Å². The molecule has 64 heavy (non-hydrogen) atoms. The monoisotopic (exact) mass is 883 g/mol. The van der Waals surface area contributed by atoms with Gasteiger partial charge in [-0.1, -0.05) is 212 Å². The van der Waals surface area contributed by atoms with E-state index in [1.165, 1.54) is 57.8 Å². The molecule has 1 unspecified atom stereocenters. The largest absolute Gasteiger partial charge is 0.462 e. The molecule has 6 heteroatoms.